The Bertz CT molecular complexity index is 643. The van der Waals surface area contributed by atoms with Crippen LogP contribution in [0.15, 0.2) is 42.5 Å². The predicted octanol–water partition coefficient (Wildman–Crippen LogP) is 2.54. The van der Waals surface area contributed by atoms with E-state index in [9.17, 15) is 0 Å². The quantitative estimate of drug-likeness (QED) is 0.671. The second-order valence-corrected chi connectivity index (χ2v) is 6.02. The van der Waals surface area contributed by atoms with E-state index in [-0.39, 0.29) is 6.04 Å². The summed E-state index contributed by atoms with van der Waals surface area (Å²) >= 11 is 0. The van der Waals surface area contributed by atoms with E-state index < -0.39 is 0 Å². The van der Waals surface area contributed by atoms with Crippen LogP contribution in [0.1, 0.15) is 28.3 Å². The minimum Gasteiger partial charge on any atom is -0.493 e. The lowest BCUT2D eigenvalue weighted by atomic mass is 9.89. The van der Waals surface area contributed by atoms with Crippen molar-refractivity contribution >= 4 is 0 Å². The number of nitrogens with two attached hydrogens (primary N) is 1. The van der Waals surface area contributed by atoms with E-state index in [1.54, 1.807) is 0 Å². The first-order valence-electron chi connectivity index (χ1n) is 7.64. The number of hydrazine groups is 1. The first-order valence-corrected chi connectivity index (χ1v) is 7.64. The van der Waals surface area contributed by atoms with Crippen molar-refractivity contribution in [2.45, 2.75) is 25.3 Å². The fourth-order valence-corrected chi connectivity index (χ4v) is 3.79. The van der Waals surface area contributed by atoms with E-state index >= 15 is 0 Å². The Morgan fingerprint density at radius 1 is 1.00 bits per heavy atom. The molecule has 2 aromatic rings. The van der Waals surface area contributed by atoms with Gasteiger partial charge in [0.2, 0.25) is 0 Å². The first kappa shape index (κ1) is 12.9. The number of benzene rings is 2. The zero-order chi connectivity index (χ0) is 14.2. The molecule has 0 amide bonds. The summed E-state index contributed by atoms with van der Waals surface area (Å²) in [6.45, 7) is 0.786. The molecule has 0 bridgehead atoms. The Balaban J connectivity index is 1.67. The second-order valence-electron chi connectivity index (χ2n) is 6.02. The molecular formula is C18H20N2O. The van der Waals surface area contributed by atoms with Crippen molar-refractivity contribution < 1.29 is 4.74 Å². The summed E-state index contributed by atoms with van der Waals surface area (Å²) in [7, 11) is 0. The Kier molecular flexibility index (Phi) is 3.17. The molecule has 3 heteroatoms. The molecule has 1 aliphatic heterocycles. The number of hydrogen-bond acceptors (Lipinski definition) is 3. The lowest BCUT2D eigenvalue weighted by Gasteiger charge is -2.24. The van der Waals surface area contributed by atoms with Crippen LogP contribution in [0.2, 0.25) is 0 Å². The maximum absolute atomic E-state index is 5.91. The number of rotatable bonds is 3. The molecule has 2 aromatic carbocycles. The van der Waals surface area contributed by atoms with Gasteiger partial charge in [-0.2, -0.15) is 0 Å². The van der Waals surface area contributed by atoms with Crippen molar-refractivity contribution in [2.75, 3.05) is 6.61 Å². The van der Waals surface area contributed by atoms with Crippen molar-refractivity contribution in [3.05, 3.63) is 64.7 Å². The SMILES string of the molecule is NNC(c1cccc2c1OCC2)C1Cc2ccccc2C1. The molecule has 3 nitrogen and oxygen atoms in total. The van der Waals surface area contributed by atoms with E-state index in [1.165, 1.54) is 22.3 Å². The summed E-state index contributed by atoms with van der Waals surface area (Å²) in [6, 6.07) is 15.3. The van der Waals surface area contributed by atoms with Gasteiger partial charge in [-0.15, -0.1) is 0 Å². The Morgan fingerprint density at radius 2 is 1.71 bits per heavy atom. The van der Waals surface area contributed by atoms with Gasteiger partial charge in [0, 0.05) is 12.0 Å². The number of hydrogen-bond donors (Lipinski definition) is 2. The number of para-hydroxylation sites is 1. The molecule has 1 aliphatic carbocycles. The van der Waals surface area contributed by atoms with E-state index in [2.05, 4.69) is 47.9 Å². The van der Waals surface area contributed by atoms with Crippen molar-refractivity contribution in [3.8, 4) is 5.75 Å². The molecule has 2 aliphatic rings. The van der Waals surface area contributed by atoms with E-state index in [0.717, 1.165) is 31.6 Å². The molecule has 0 fully saturated rings. The minimum absolute atomic E-state index is 0.144. The molecule has 0 saturated carbocycles. The maximum atomic E-state index is 5.91. The summed E-state index contributed by atoms with van der Waals surface area (Å²) in [5.41, 5.74) is 8.48. The van der Waals surface area contributed by atoms with Gasteiger partial charge in [0.25, 0.3) is 0 Å². The molecule has 0 saturated heterocycles. The number of fused-ring (bicyclic) bond motifs is 2. The van der Waals surface area contributed by atoms with Crippen LogP contribution in [0.3, 0.4) is 0 Å². The van der Waals surface area contributed by atoms with Crippen LogP contribution < -0.4 is 16.0 Å². The third kappa shape index (κ3) is 2.13. The van der Waals surface area contributed by atoms with Crippen molar-refractivity contribution in [2.24, 2.45) is 11.8 Å². The fourth-order valence-electron chi connectivity index (χ4n) is 3.79. The predicted molar refractivity (Wildman–Crippen MR) is 83.0 cm³/mol. The average Bonchev–Trinajstić information content (AvgIpc) is 3.14. The second kappa shape index (κ2) is 5.17. The van der Waals surface area contributed by atoms with Gasteiger partial charge in [-0.05, 0) is 35.4 Å². The van der Waals surface area contributed by atoms with Gasteiger partial charge < -0.3 is 4.74 Å². The molecule has 3 N–H and O–H groups in total. The third-order valence-corrected chi connectivity index (χ3v) is 4.81. The standard InChI is InChI=1S/C18H20N2O/c19-20-17(15-10-13-4-1-2-5-14(13)11-15)16-7-3-6-12-8-9-21-18(12)16/h1-7,15,17,20H,8-11,19H2. The molecule has 1 atom stereocenters. The molecule has 1 heterocycles. The van der Waals surface area contributed by atoms with Crippen molar-refractivity contribution in [3.63, 3.8) is 0 Å². The van der Waals surface area contributed by atoms with Crippen LogP contribution in [-0.4, -0.2) is 6.61 Å². The monoisotopic (exact) mass is 280 g/mol. The summed E-state index contributed by atoms with van der Waals surface area (Å²) < 4.78 is 5.85. The number of nitrogens with one attached hydrogen (secondary N) is 1. The molecule has 4 rings (SSSR count). The van der Waals surface area contributed by atoms with E-state index in [1.807, 2.05) is 0 Å². The molecule has 21 heavy (non-hydrogen) atoms. The normalized spacial score (nSPS) is 18.1. The largest absolute Gasteiger partial charge is 0.493 e. The highest BCUT2D eigenvalue weighted by Gasteiger charge is 2.32. The zero-order valence-electron chi connectivity index (χ0n) is 12.0. The van der Waals surface area contributed by atoms with Crippen LogP contribution >= 0.6 is 0 Å². The van der Waals surface area contributed by atoms with Gasteiger partial charge in [-0.3, -0.25) is 11.3 Å². The molecule has 108 valence electrons. The lowest BCUT2D eigenvalue weighted by molar-refractivity contribution is 0.330. The maximum Gasteiger partial charge on any atom is 0.127 e. The van der Waals surface area contributed by atoms with Gasteiger partial charge in [-0.25, -0.2) is 0 Å². The van der Waals surface area contributed by atoms with Gasteiger partial charge in [0.15, 0.2) is 0 Å². The highest BCUT2D eigenvalue weighted by Crippen LogP contribution is 2.40. The molecule has 0 aromatic heterocycles. The number of ether oxygens (including phenoxy) is 1. The Labute approximate surface area is 125 Å². The van der Waals surface area contributed by atoms with Crippen LogP contribution in [0.4, 0.5) is 0 Å². The van der Waals surface area contributed by atoms with E-state index in [0.29, 0.717) is 5.92 Å². The van der Waals surface area contributed by atoms with Crippen LogP contribution in [-0.2, 0) is 19.3 Å². The molecular weight excluding hydrogens is 260 g/mol. The summed E-state index contributed by atoms with van der Waals surface area (Å²) in [5.74, 6) is 7.45. The summed E-state index contributed by atoms with van der Waals surface area (Å²) in [5, 5.41) is 0. The highest BCUT2D eigenvalue weighted by atomic mass is 16.5. The highest BCUT2D eigenvalue weighted by molar-refractivity contribution is 5.46. The average molecular weight is 280 g/mol. The minimum atomic E-state index is 0.144. The Morgan fingerprint density at radius 3 is 2.43 bits per heavy atom. The van der Waals surface area contributed by atoms with Crippen molar-refractivity contribution in [1.29, 1.82) is 0 Å². The van der Waals surface area contributed by atoms with E-state index in [4.69, 9.17) is 10.6 Å². The first-order chi connectivity index (χ1) is 10.4. The van der Waals surface area contributed by atoms with Crippen LogP contribution in [0.25, 0.3) is 0 Å². The van der Waals surface area contributed by atoms with Gasteiger partial charge in [0.05, 0.1) is 12.6 Å². The summed E-state index contributed by atoms with van der Waals surface area (Å²) in [6.07, 6.45) is 3.16. The smallest absolute Gasteiger partial charge is 0.127 e. The molecule has 0 radical (unpaired) electrons. The topological polar surface area (TPSA) is 47.3 Å². The van der Waals surface area contributed by atoms with Gasteiger partial charge in [0.1, 0.15) is 5.75 Å². The summed E-state index contributed by atoms with van der Waals surface area (Å²) in [4.78, 5) is 0. The zero-order valence-corrected chi connectivity index (χ0v) is 12.0. The van der Waals surface area contributed by atoms with Crippen LogP contribution in [0, 0.1) is 5.92 Å². The van der Waals surface area contributed by atoms with Gasteiger partial charge >= 0.3 is 0 Å². The molecule has 0 spiro atoms. The van der Waals surface area contributed by atoms with Gasteiger partial charge in [-0.1, -0.05) is 42.5 Å². The Hall–Kier alpha value is -1.84. The fraction of sp³-hybridized carbons (Fsp3) is 0.333. The van der Waals surface area contributed by atoms with Crippen molar-refractivity contribution in [1.82, 2.24) is 5.43 Å². The van der Waals surface area contributed by atoms with Crippen LogP contribution in [0.5, 0.6) is 5.75 Å². The third-order valence-electron chi connectivity index (χ3n) is 4.81. The molecule has 1 unspecified atom stereocenters. The lowest BCUT2D eigenvalue weighted by Crippen LogP contribution is -2.34.